The minimum absolute atomic E-state index is 0.141. The Labute approximate surface area is 160 Å². The van der Waals surface area contributed by atoms with Crippen molar-refractivity contribution in [3.05, 3.63) is 71.1 Å². The van der Waals surface area contributed by atoms with Crippen LogP contribution < -0.4 is 14.8 Å². The molecule has 1 aliphatic rings. The number of carbonyl (C=O) groups excluding carboxylic acids is 1. The number of rotatable bonds is 5. The van der Waals surface area contributed by atoms with Crippen LogP contribution in [0.1, 0.15) is 15.2 Å². The molecule has 3 aromatic rings. The van der Waals surface area contributed by atoms with Crippen LogP contribution in [0.2, 0.25) is 0 Å². The summed E-state index contributed by atoms with van der Waals surface area (Å²) in [7, 11) is -3.62. The van der Waals surface area contributed by atoms with E-state index in [1.807, 2.05) is 12.1 Å². The van der Waals surface area contributed by atoms with Gasteiger partial charge in [0.15, 0.2) is 11.5 Å². The van der Waals surface area contributed by atoms with Crippen LogP contribution in [0.25, 0.3) is 0 Å². The van der Waals surface area contributed by atoms with Gasteiger partial charge in [-0.1, -0.05) is 24.3 Å². The van der Waals surface area contributed by atoms with Crippen molar-refractivity contribution < 1.29 is 22.7 Å². The molecule has 0 radical (unpaired) electrons. The average Bonchev–Trinajstić information content (AvgIpc) is 3.36. The van der Waals surface area contributed by atoms with Gasteiger partial charge in [0.25, 0.3) is 5.91 Å². The summed E-state index contributed by atoms with van der Waals surface area (Å²) in [5, 5.41) is 2.79. The van der Waals surface area contributed by atoms with E-state index < -0.39 is 9.84 Å². The lowest BCUT2D eigenvalue weighted by atomic mass is 10.2. The van der Waals surface area contributed by atoms with Crippen LogP contribution in [-0.2, 0) is 16.4 Å². The largest absolute Gasteiger partial charge is 0.454 e. The van der Waals surface area contributed by atoms with E-state index in [2.05, 4.69) is 5.32 Å². The molecule has 138 valence electrons. The summed E-state index contributed by atoms with van der Waals surface area (Å²) >= 11 is 0.953. The fourth-order valence-electron chi connectivity index (χ4n) is 2.62. The van der Waals surface area contributed by atoms with E-state index in [9.17, 15) is 13.2 Å². The summed E-state index contributed by atoms with van der Waals surface area (Å²) in [5.74, 6) is 1.00. The number of benzene rings is 2. The van der Waals surface area contributed by atoms with Gasteiger partial charge in [0, 0.05) is 6.54 Å². The SMILES string of the molecule is O=C(NCc1ccc2c(c1)OCO2)c1ccc(S(=O)(=O)c2ccccc2)s1. The first-order valence-electron chi connectivity index (χ1n) is 8.11. The third kappa shape index (κ3) is 3.54. The molecule has 1 aromatic heterocycles. The highest BCUT2D eigenvalue weighted by Crippen LogP contribution is 2.32. The summed E-state index contributed by atoms with van der Waals surface area (Å²) in [6.45, 7) is 0.493. The number of carbonyl (C=O) groups is 1. The van der Waals surface area contributed by atoms with Crippen LogP contribution in [0.4, 0.5) is 0 Å². The van der Waals surface area contributed by atoms with Crippen LogP contribution in [0.3, 0.4) is 0 Å². The molecule has 8 heteroatoms. The van der Waals surface area contributed by atoms with Crippen LogP contribution in [-0.4, -0.2) is 21.1 Å². The van der Waals surface area contributed by atoms with Gasteiger partial charge in [0.2, 0.25) is 16.6 Å². The van der Waals surface area contributed by atoms with Crippen molar-refractivity contribution in [1.29, 1.82) is 0 Å². The zero-order chi connectivity index (χ0) is 18.9. The third-order valence-electron chi connectivity index (χ3n) is 4.01. The molecule has 27 heavy (non-hydrogen) atoms. The molecule has 2 aromatic carbocycles. The molecular weight excluding hydrogens is 386 g/mol. The number of nitrogens with one attached hydrogen (secondary N) is 1. The van der Waals surface area contributed by atoms with E-state index >= 15 is 0 Å². The molecule has 2 heterocycles. The third-order valence-corrected chi connectivity index (χ3v) is 7.36. The topological polar surface area (TPSA) is 81.7 Å². The molecule has 0 bridgehead atoms. The van der Waals surface area contributed by atoms with Crippen LogP contribution in [0.5, 0.6) is 11.5 Å². The van der Waals surface area contributed by atoms with Crippen molar-refractivity contribution in [2.75, 3.05) is 6.79 Å². The molecule has 6 nitrogen and oxygen atoms in total. The van der Waals surface area contributed by atoms with E-state index in [1.54, 1.807) is 24.3 Å². The molecule has 0 saturated carbocycles. The molecule has 0 aliphatic carbocycles. The Morgan fingerprint density at radius 1 is 1.00 bits per heavy atom. The summed E-state index contributed by atoms with van der Waals surface area (Å²) in [4.78, 5) is 12.9. The number of amides is 1. The number of hydrogen-bond acceptors (Lipinski definition) is 6. The van der Waals surface area contributed by atoms with Crippen molar-refractivity contribution in [3.8, 4) is 11.5 Å². The Kier molecular flexibility index (Phi) is 4.59. The fraction of sp³-hybridized carbons (Fsp3) is 0.105. The molecular formula is C19H15NO5S2. The highest BCUT2D eigenvalue weighted by atomic mass is 32.2. The molecule has 0 fully saturated rings. The normalized spacial score (nSPS) is 12.7. The van der Waals surface area contributed by atoms with Gasteiger partial charge in [-0.25, -0.2) is 8.42 Å². The summed E-state index contributed by atoms with van der Waals surface area (Å²) < 4.78 is 35.9. The highest BCUT2D eigenvalue weighted by molar-refractivity contribution is 7.93. The maximum atomic E-state index is 12.6. The zero-order valence-corrected chi connectivity index (χ0v) is 15.7. The first-order valence-corrected chi connectivity index (χ1v) is 10.4. The predicted octanol–water partition coefficient (Wildman–Crippen LogP) is 3.24. The quantitative estimate of drug-likeness (QED) is 0.710. The fourth-order valence-corrected chi connectivity index (χ4v) is 5.27. The second-order valence-electron chi connectivity index (χ2n) is 5.81. The highest BCUT2D eigenvalue weighted by Gasteiger charge is 2.21. The van der Waals surface area contributed by atoms with Crippen molar-refractivity contribution >= 4 is 27.1 Å². The standard InChI is InChI=1S/C19H15NO5S2/c21-19(20-11-13-6-7-15-16(10-13)25-12-24-15)17-8-9-18(26-17)27(22,23)14-4-2-1-3-5-14/h1-10H,11-12H2,(H,20,21). The van der Waals surface area contributed by atoms with Crippen molar-refractivity contribution in [2.45, 2.75) is 15.6 Å². The minimum atomic E-state index is -3.62. The number of hydrogen-bond donors (Lipinski definition) is 1. The average molecular weight is 401 g/mol. The second-order valence-corrected chi connectivity index (χ2v) is 9.07. The lowest BCUT2D eigenvalue weighted by Gasteiger charge is -2.05. The maximum absolute atomic E-state index is 12.6. The van der Waals surface area contributed by atoms with Gasteiger partial charge in [-0.2, -0.15) is 0 Å². The van der Waals surface area contributed by atoms with Crippen LogP contribution in [0, 0.1) is 0 Å². The van der Waals surface area contributed by atoms with Gasteiger partial charge in [0.1, 0.15) is 4.21 Å². The van der Waals surface area contributed by atoms with Gasteiger partial charge in [-0.15, -0.1) is 11.3 Å². The van der Waals surface area contributed by atoms with Gasteiger partial charge in [-0.05, 0) is 42.0 Å². The summed E-state index contributed by atoms with van der Waals surface area (Å²) in [6.07, 6.45) is 0. The summed E-state index contributed by atoms with van der Waals surface area (Å²) in [5.41, 5.74) is 0.862. The van der Waals surface area contributed by atoms with Gasteiger partial charge >= 0.3 is 0 Å². The Bertz CT molecular complexity index is 1090. The van der Waals surface area contributed by atoms with Gasteiger partial charge < -0.3 is 14.8 Å². The molecule has 1 N–H and O–H groups in total. The lowest BCUT2D eigenvalue weighted by molar-refractivity contribution is 0.0955. The molecule has 4 rings (SSSR count). The van der Waals surface area contributed by atoms with Gasteiger partial charge in [0.05, 0.1) is 9.77 Å². The van der Waals surface area contributed by atoms with Crippen LogP contribution >= 0.6 is 11.3 Å². The van der Waals surface area contributed by atoms with Crippen molar-refractivity contribution in [1.82, 2.24) is 5.32 Å². The Hall–Kier alpha value is -2.84. The molecule has 0 spiro atoms. The Morgan fingerprint density at radius 3 is 2.59 bits per heavy atom. The smallest absolute Gasteiger partial charge is 0.261 e. The minimum Gasteiger partial charge on any atom is -0.454 e. The molecule has 0 saturated heterocycles. The first kappa shape index (κ1) is 17.6. The van der Waals surface area contributed by atoms with E-state index in [-0.39, 0.29) is 21.8 Å². The van der Waals surface area contributed by atoms with Gasteiger partial charge in [-0.3, -0.25) is 4.79 Å². The van der Waals surface area contributed by atoms with E-state index in [0.717, 1.165) is 16.9 Å². The maximum Gasteiger partial charge on any atom is 0.261 e. The van der Waals surface area contributed by atoms with Crippen molar-refractivity contribution in [2.24, 2.45) is 0 Å². The first-order chi connectivity index (χ1) is 13.0. The number of ether oxygens (including phenoxy) is 2. The second kappa shape index (κ2) is 7.05. The predicted molar refractivity (Wildman–Crippen MR) is 99.9 cm³/mol. The van der Waals surface area contributed by atoms with Crippen molar-refractivity contribution in [3.63, 3.8) is 0 Å². The molecule has 0 atom stereocenters. The molecule has 0 unspecified atom stereocenters. The number of fused-ring (bicyclic) bond motifs is 1. The van der Waals surface area contributed by atoms with E-state index in [4.69, 9.17) is 9.47 Å². The number of sulfone groups is 1. The Balaban J connectivity index is 1.46. The lowest BCUT2D eigenvalue weighted by Crippen LogP contribution is -2.21. The Morgan fingerprint density at radius 2 is 1.78 bits per heavy atom. The monoisotopic (exact) mass is 401 g/mol. The van der Waals surface area contributed by atoms with E-state index in [0.29, 0.717) is 22.9 Å². The summed E-state index contributed by atoms with van der Waals surface area (Å²) in [6, 6.07) is 16.6. The molecule has 1 aliphatic heterocycles. The zero-order valence-electron chi connectivity index (χ0n) is 14.0. The van der Waals surface area contributed by atoms with Crippen LogP contribution in [0.15, 0.2) is 69.8 Å². The molecule has 1 amide bonds. The number of thiophene rings is 1. The van der Waals surface area contributed by atoms with E-state index in [1.165, 1.54) is 24.3 Å².